The van der Waals surface area contributed by atoms with Gasteiger partial charge in [-0.05, 0) is 25.3 Å². The molecule has 0 radical (unpaired) electrons. The summed E-state index contributed by atoms with van der Waals surface area (Å²) in [5.41, 5.74) is 6.75. The quantitative estimate of drug-likeness (QED) is 0.635. The summed E-state index contributed by atoms with van der Waals surface area (Å²) in [6.45, 7) is 0. The van der Waals surface area contributed by atoms with Crippen molar-refractivity contribution in [3.63, 3.8) is 0 Å². The fourth-order valence-electron chi connectivity index (χ4n) is 3.53. The minimum absolute atomic E-state index is 0.0624. The lowest BCUT2D eigenvalue weighted by molar-refractivity contribution is -0.122. The zero-order valence-corrected chi connectivity index (χ0v) is 15.1. The average molecular weight is 389 g/mol. The van der Waals surface area contributed by atoms with Crippen LogP contribution in [0.1, 0.15) is 25.7 Å². The van der Waals surface area contributed by atoms with Crippen molar-refractivity contribution in [2.24, 2.45) is 11.7 Å². The van der Waals surface area contributed by atoms with Gasteiger partial charge in [-0.3, -0.25) is 4.79 Å². The Hall–Kier alpha value is -2.74. The fraction of sp³-hybridized carbons (Fsp3) is 0.333. The van der Waals surface area contributed by atoms with Crippen LogP contribution >= 0.6 is 11.6 Å². The summed E-state index contributed by atoms with van der Waals surface area (Å²) in [5.74, 6) is -0.581. The number of hydrogen-bond donors (Lipinski definition) is 3. The van der Waals surface area contributed by atoms with Crippen molar-refractivity contribution in [2.75, 3.05) is 5.32 Å². The van der Waals surface area contributed by atoms with Crippen LogP contribution in [0.5, 0.6) is 0 Å². The zero-order chi connectivity index (χ0) is 19.0. The molecule has 2 atom stereocenters. The molecule has 1 aliphatic rings. The van der Waals surface area contributed by atoms with Gasteiger partial charge in [0.1, 0.15) is 5.65 Å². The maximum Gasteiger partial charge on any atom is 0.220 e. The fourth-order valence-corrected chi connectivity index (χ4v) is 3.69. The predicted octanol–water partition coefficient (Wildman–Crippen LogP) is 3.27. The van der Waals surface area contributed by atoms with Crippen LogP contribution < -0.4 is 11.1 Å². The number of rotatable bonds is 4. The highest BCUT2D eigenvalue weighted by Gasteiger charge is 2.26. The van der Waals surface area contributed by atoms with E-state index in [1.807, 2.05) is 0 Å². The Kier molecular flexibility index (Phi) is 4.65. The second-order valence-electron chi connectivity index (χ2n) is 6.75. The number of nitrogens with one attached hydrogen (secondary N) is 2. The number of aromatic nitrogens is 4. The molecular formula is C18H18ClFN6O. The number of primary amides is 1. The Balaban J connectivity index is 1.63. The molecule has 3 aromatic rings. The Morgan fingerprint density at radius 1 is 1.33 bits per heavy atom. The molecule has 0 bridgehead atoms. The van der Waals surface area contributed by atoms with Gasteiger partial charge in [0.25, 0.3) is 0 Å². The van der Waals surface area contributed by atoms with Crippen molar-refractivity contribution in [1.82, 2.24) is 19.9 Å². The first-order valence-electron chi connectivity index (χ1n) is 8.72. The van der Waals surface area contributed by atoms with E-state index < -0.39 is 5.82 Å². The zero-order valence-electron chi connectivity index (χ0n) is 14.4. The third-order valence-electron chi connectivity index (χ3n) is 4.90. The Morgan fingerprint density at radius 2 is 2.19 bits per heavy atom. The van der Waals surface area contributed by atoms with Crippen LogP contribution in [0.4, 0.5) is 10.2 Å². The number of halogens is 2. The number of nitrogens with two attached hydrogens (primary N) is 1. The molecule has 1 fully saturated rings. The Bertz CT molecular complexity index is 1010. The molecule has 0 aromatic carbocycles. The van der Waals surface area contributed by atoms with Crippen molar-refractivity contribution >= 4 is 34.4 Å². The molecule has 3 aromatic heterocycles. The molecule has 7 nitrogen and oxygen atoms in total. The molecule has 0 unspecified atom stereocenters. The highest BCUT2D eigenvalue weighted by molar-refractivity contribution is 6.31. The number of amides is 1. The smallest absolute Gasteiger partial charge is 0.220 e. The highest BCUT2D eigenvalue weighted by Crippen LogP contribution is 2.30. The molecule has 1 saturated carbocycles. The van der Waals surface area contributed by atoms with E-state index in [2.05, 4.69) is 25.3 Å². The summed E-state index contributed by atoms with van der Waals surface area (Å²) in [4.78, 5) is 27.2. The SMILES string of the molecule is NC(=O)[C@H]1CCC[C@@H](Nc2nc(-c3c[nH]c4ncc(Cl)cc34)ncc2F)C1. The lowest BCUT2D eigenvalue weighted by Crippen LogP contribution is -2.34. The molecule has 0 spiro atoms. The molecule has 4 N–H and O–H groups in total. The summed E-state index contributed by atoms with van der Waals surface area (Å²) >= 11 is 6.03. The van der Waals surface area contributed by atoms with E-state index in [1.165, 1.54) is 0 Å². The minimum atomic E-state index is -0.545. The second kappa shape index (κ2) is 7.11. The van der Waals surface area contributed by atoms with E-state index >= 15 is 0 Å². The molecule has 9 heteroatoms. The van der Waals surface area contributed by atoms with Gasteiger partial charge in [0, 0.05) is 35.3 Å². The number of carbonyl (C=O) groups excluding carboxylic acids is 1. The Morgan fingerprint density at radius 3 is 3.00 bits per heavy atom. The lowest BCUT2D eigenvalue weighted by Gasteiger charge is -2.28. The Labute approximate surface area is 159 Å². The number of nitrogens with zero attached hydrogens (tertiary/aromatic N) is 3. The van der Waals surface area contributed by atoms with Crippen LogP contribution in [0.3, 0.4) is 0 Å². The molecule has 0 aliphatic heterocycles. The standard InChI is InChI=1S/C18H18ClFN6O/c19-10-5-12-13(7-23-16(12)22-6-10)17-24-8-14(20)18(26-17)25-11-3-1-2-9(4-11)15(21)27/h5-9,11H,1-4H2,(H2,21,27)(H,22,23)(H,24,25,26)/t9-,11+/m0/s1. The number of pyridine rings is 1. The molecule has 1 aliphatic carbocycles. The normalized spacial score (nSPS) is 19.9. The number of hydrogen-bond acceptors (Lipinski definition) is 5. The summed E-state index contributed by atoms with van der Waals surface area (Å²) in [6.07, 6.45) is 7.42. The van der Waals surface area contributed by atoms with E-state index in [1.54, 1.807) is 18.5 Å². The molecule has 140 valence electrons. The van der Waals surface area contributed by atoms with Crippen LogP contribution in [0.25, 0.3) is 22.4 Å². The van der Waals surface area contributed by atoms with Gasteiger partial charge >= 0.3 is 0 Å². The summed E-state index contributed by atoms with van der Waals surface area (Å²) < 4.78 is 14.3. The molecule has 3 heterocycles. The number of aromatic amines is 1. The lowest BCUT2D eigenvalue weighted by atomic mass is 9.85. The first-order chi connectivity index (χ1) is 13.0. The van der Waals surface area contributed by atoms with Crippen molar-refractivity contribution < 1.29 is 9.18 Å². The van der Waals surface area contributed by atoms with Gasteiger partial charge in [-0.1, -0.05) is 18.0 Å². The van der Waals surface area contributed by atoms with Gasteiger partial charge < -0.3 is 16.0 Å². The van der Waals surface area contributed by atoms with Gasteiger partial charge in [-0.25, -0.2) is 19.3 Å². The highest BCUT2D eigenvalue weighted by atomic mass is 35.5. The third kappa shape index (κ3) is 3.57. The molecular weight excluding hydrogens is 371 g/mol. The van der Waals surface area contributed by atoms with Crippen LogP contribution in [0.15, 0.2) is 24.7 Å². The minimum Gasteiger partial charge on any atom is -0.369 e. The molecule has 4 rings (SSSR count). The predicted molar refractivity (Wildman–Crippen MR) is 101 cm³/mol. The number of H-pyrrole nitrogens is 1. The van der Waals surface area contributed by atoms with Gasteiger partial charge in [-0.2, -0.15) is 0 Å². The van der Waals surface area contributed by atoms with E-state index in [0.717, 1.165) is 30.8 Å². The van der Waals surface area contributed by atoms with Crippen molar-refractivity contribution in [3.05, 3.63) is 35.5 Å². The maximum absolute atomic E-state index is 14.3. The molecule has 1 amide bonds. The first-order valence-corrected chi connectivity index (χ1v) is 9.10. The van der Waals surface area contributed by atoms with Crippen LogP contribution in [0.2, 0.25) is 5.02 Å². The summed E-state index contributed by atoms with van der Waals surface area (Å²) in [7, 11) is 0. The number of fused-ring (bicyclic) bond motifs is 1. The first kappa shape index (κ1) is 17.7. The second-order valence-corrected chi connectivity index (χ2v) is 7.19. The average Bonchev–Trinajstić information content (AvgIpc) is 3.07. The van der Waals surface area contributed by atoms with E-state index in [0.29, 0.717) is 28.5 Å². The van der Waals surface area contributed by atoms with Gasteiger partial charge in [0.05, 0.1) is 11.2 Å². The third-order valence-corrected chi connectivity index (χ3v) is 5.11. The number of anilines is 1. The van der Waals surface area contributed by atoms with Gasteiger partial charge in [-0.15, -0.1) is 0 Å². The van der Waals surface area contributed by atoms with Crippen molar-refractivity contribution in [1.29, 1.82) is 0 Å². The van der Waals surface area contributed by atoms with Crippen LogP contribution in [-0.2, 0) is 4.79 Å². The maximum atomic E-state index is 14.3. The van der Waals surface area contributed by atoms with Crippen molar-refractivity contribution in [3.8, 4) is 11.4 Å². The summed E-state index contributed by atoms with van der Waals surface area (Å²) in [5, 5.41) is 4.36. The largest absolute Gasteiger partial charge is 0.369 e. The van der Waals surface area contributed by atoms with E-state index in [9.17, 15) is 9.18 Å². The van der Waals surface area contributed by atoms with E-state index in [4.69, 9.17) is 17.3 Å². The van der Waals surface area contributed by atoms with Crippen molar-refractivity contribution in [2.45, 2.75) is 31.7 Å². The molecule has 27 heavy (non-hydrogen) atoms. The van der Waals surface area contributed by atoms with Crippen LogP contribution in [0, 0.1) is 11.7 Å². The monoisotopic (exact) mass is 388 g/mol. The van der Waals surface area contributed by atoms with Gasteiger partial charge in [0.15, 0.2) is 17.5 Å². The topological polar surface area (TPSA) is 110 Å². The summed E-state index contributed by atoms with van der Waals surface area (Å²) in [6, 6.07) is 1.70. The number of carbonyl (C=O) groups is 1. The van der Waals surface area contributed by atoms with Crippen LogP contribution in [-0.4, -0.2) is 31.9 Å². The molecule has 0 saturated heterocycles. The van der Waals surface area contributed by atoms with E-state index in [-0.39, 0.29) is 23.7 Å². The van der Waals surface area contributed by atoms with Gasteiger partial charge in [0.2, 0.25) is 5.91 Å².